The Bertz CT molecular complexity index is 897. The minimum absolute atomic E-state index is 0.201. The van der Waals surface area contributed by atoms with Gasteiger partial charge >= 0.3 is 0 Å². The molecule has 156 valence electrons. The summed E-state index contributed by atoms with van der Waals surface area (Å²) in [6.07, 6.45) is 0. The summed E-state index contributed by atoms with van der Waals surface area (Å²) < 4.78 is 10.4. The van der Waals surface area contributed by atoms with Crippen molar-refractivity contribution < 1.29 is 19.1 Å². The molecule has 0 saturated carbocycles. The number of benzene rings is 2. The predicted octanol–water partition coefficient (Wildman–Crippen LogP) is 5.06. The summed E-state index contributed by atoms with van der Waals surface area (Å²) in [7, 11) is 2.98. The number of anilines is 1. The van der Waals surface area contributed by atoms with Gasteiger partial charge in [-0.1, -0.05) is 48.7 Å². The van der Waals surface area contributed by atoms with Gasteiger partial charge in [-0.25, -0.2) is 0 Å². The van der Waals surface area contributed by atoms with Crippen LogP contribution in [0, 0.1) is 5.92 Å². The summed E-state index contributed by atoms with van der Waals surface area (Å²) in [5.74, 6) is -0.168. The first-order chi connectivity index (χ1) is 13.7. The number of rotatable bonds is 7. The van der Waals surface area contributed by atoms with Gasteiger partial charge in [0.25, 0.3) is 5.91 Å². The van der Waals surface area contributed by atoms with E-state index in [0.717, 1.165) is 0 Å². The average Bonchev–Trinajstić information content (AvgIpc) is 2.69. The van der Waals surface area contributed by atoms with Gasteiger partial charge in [-0.2, -0.15) is 0 Å². The highest BCUT2D eigenvalue weighted by Gasteiger charge is 2.26. The first-order valence-electron chi connectivity index (χ1n) is 8.65. The SMILES string of the molecule is COc1cc(OC)cc(C(=O)N[C@H](C(=O)Nc2cc(Cl)c(Cl)cc2Cl)C(C)C)c1. The van der Waals surface area contributed by atoms with Crippen LogP contribution < -0.4 is 20.1 Å². The molecule has 0 aromatic heterocycles. The highest BCUT2D eigenvalue weighted by Crippen LogP contribution is 2.32. The van der Waals surface area contributed by atoms with Crippen LogP contribution in [0.15, 0.2) is 30.3 Å². The smallest absolute Gasteiger partial charge is 0.252 e. The molecule has 0 aliphatic rings. The molecular weight excluding hydrogens is 439 g/mol. The van der Waals surface area contributed by atoms with Gasteiger partial charge in [0.05, 0.1) is 35.0 Å². The number of amides is 2. The second-order valence-electron chi connectivity index (χ2n) is 6.53. The van der Waals surface area contributed by atoms with Crippen LogP contribution in [0.3, 0.4) is 0 Å². The third kappa shape index (κ3) is 5.92. The lowest BCUT2D eigenvalue weighted by atomic mass is 10.0. The molecule has 1 atom stereocenters. The molecule has 9 heteroatoms. The van der Waals surface area contributed by atoms with Crippen molar-refractivity contribution in [3.8, 4) is 11.5 Å². The van der Waals surface area contributed by atoms with Crippen molar-refractivity contribution in [3.05, 3.63) is 51.0 Å². The van der Waals surface area contributed by atoms with Crippen LogP contribution in [0.1, 0.15) is 24.2 Å². The minimum atomic E-state index is -0.829. The van der Waals surface area contributed by atoms with E-state index in [9.17, 15) is 9.59 Å². The monoisotopic (exact) mass is 458 g/mol. The molecule has 2 aromatic rings. The van der Waals surface area contributed by atoms with Crippen LogP contribution in [0.2, 0.25) is 15.1 Å². The fraction of sp³-hybridized carbons (Fsp3) is 0.300. The number of nitrogens with one attached hydrogen (secondary N) is 2. The lowest BCUT2D eigenvalue weighted by Gasteiger charge is -2.22. The molecule has 0 aliphatic heterocycles. The van der Waals surface area contributed by atoms with Gasteiger partial charge in [0.15, 0.2) is 0 Å². The van der Waals surface area contributed by atoms with E-state index in [1.807, 2.05) is 13.8 Å². The third-order valence-electron chi connectivity index (χ3n) is 4.12. The number of ether oxygens (including phenoxy) is 2. The van der Waals surface area contributed by atoms with Crippen molar-refractivity contribution in [2.24, 2.45) is 5.92 Å². The molecule has 2 rings (SSSR count). The van der Waals surface area contributed by atoms with E-state index < -0.39 is 17.9 Å². The van der Waals surface area contributed by atoms with Crippen LogP contribution in [0.4, 0.5) is 5.69 Å². The Morgan fingerprint density at radius 3 is 1.93 bits per heavy atom. The van der Waals surface area contributed by atoms with Crippen molar-refractivity contribution in [3.63, 3.8) is 0 Å². The molecule has 0 radical (unpaired) electrons. The van der Waals surface area contributed by atoms with Crippen molar-refractivity contribution in [1.82, 2.24) is 5.32 Å². The van der Waals surface area contributed by atoms with Gasteiger partial charge < -0.3 is 20.1 Å². The largest absolute Gasteiger partial charge is 0.497 e. The quantitative estimate of drug-likeness (QED) is 0.568. The summed E-state index contributed by atoms with van der Waals surface area (Å²) in [6, 6.07) is 6.83. The zero-order valence-electron chi connectivity index (χ0n) is 16.3. The average molecular weight is 460 g/mol. The van der Waals surface area contributed by atoms with E-state index in [0.29, 0.717) is 22.7 Å². The van der Waals surface area contributed by atoms with E-state index in [4.69, 9.17) is 44.3 Å². The van der Waals surface area contributed by atoms with Crippen LogP contribution in [-0.4, -0.2) is 32.1 Å². The number of carbonyl (C=O) groups excluding carboxylic acids is 2. The summed E-state index contributed by atoms with van der Waals surface area (Å²) >= 11 is 18.0. The number of hydrogen-bond acceptors (Lipinski definition) is 4. The second-order valence-corrected chi connectivity index (χ2v) is 7.75. The molecule has 2 aromatic carbocycles. The fourth-order valence-electron chi connectivity index (χ4n) is 2.53. The number of hydrogen-bond donors (Lipinski definition) is 2. The van der Waals surface area contributed by atoms with Crippen molar-refractivity contribution in [2.75, 3.05) is 19.5 Å². The van der Waals surface area contributed by atoms with Crippen LogP contribution in [-0.2, 0) is 4.79 Å². The van der Waals surface area contributed by atoms with Gasteiger partial charge in [0.2, 0.25) is 5.91 Å². The summed E-state index contributed by atoms with van der Waals surface area (Å²) in [5.41, 5.74) is 0.598. The van der Waals surface area contributed by atoms with Crippen molar-refractivity contribution >= 4 is 52.3 Å². The second kappa shape index (κ2) is 10.1. The van der Waals surface area contributed by atoms with Crippen molar-refractivity contribution in [1.29, 1.82) is 0 Å². The first-order valence-corrected chi connectivity index (χ1v) is 9.79. The number of carbonyl (C=O) groups is 2. The van der Waals surface area contributed by atoms with Crippen LogP contribution in [0.5, 0.6) is 11.5 Å². The summed E-state index contributed by atoms with van der Waals surface area (Å²) in [4.78, 5) is 25.6. The molecule has 0 spiro atoms. The lowest BCUT2D eigenvalue weighted by molar-refractivity contribution is -0.118. The Kier molecular flexibility index (Phi) is 8.02. The highest BCUT2D eigenvalue weighted by atomic mass is 35.5. The zero-order chi connectivity index (χ0) is 21.7. The summed E-state index contributed by atoms with van der Waals surface area (Å²) in [6.45, 7) is 3.63. The van der Waals surface area contributed by atoms with Gasteiger partial charge in [0.1, 0.15) is 17.5 Å². The van der Waals surface area contributed by atoms with Crippen LogP contribution >= 0.6 is 34.8 Å². The maximum atomic E-state index is 12.8. The summed E-state index contributed by atoms with van der Waals surface area (Å²) in [5, 5.41) is 6.18. The Hall–Kier alpha value is -2.15. The highest BCUT2D eigenvalue weighted by molar-refractivity contribution is 6.44. The Morgan fingerprint density at radius 2 is 1.41 bits per heavy atom. The predicted molar refractivity (Wildman–Crippen MR) is 116 cm³/mol. The molecule has 2 N–H and O–H groups in total. The topological polar surface area (TPSA) is 76.7 Å². The molecule has 0 unspecified atom stereocenters. The van der Waals surface area contributed by atoms with E-state index >= 15 is 0 Å². The molecule has 29 heavy (non-hydrogen) atoms. The third-order valence-corrected chi connectivity index (χ3v) is 5.15. The maximum absolute atomic E-state index is 12.8. The van der Waals surface area contributed by atoms with Gasteiger partial charge in [0, 0.05) is 11.6 Å². The standard InChI is InChI=1S/C20H21Cl3N2O4/c1-10(2)18(20(27)24-17-9-15(22)14(21)8-16(17)23)25-19(26)11-5-12(28-3)7-13(6-11)29-4/h5-10,18H,1-4H3,(H,24,27)(H,25,26)/t18-/m0/s1. The zero-order valence-corrected chi connectivity index (χ0v) is 18.6. The number of halogens is 3. The van der Waals surface area contributed by atoms with Crippen LogP contribution in [0.25, 0.3) is 0 Å². The molecule has 0 saturated heterocycles. The Morgan fingerprint density at radius 1 is 0.862 bits per heavy atom. The Balaban J connectivity index is 2.23. The fourth-order valence-corrected chi connectivity index (χ4v) is 3.12. The maximum Gasteiger partial charge on any atom is 0.252 e. The van der Waals surface area contributed by atoms with E-state index in [1.165, 1.54) is 26.4 Å². The molecule has 0 aliphatic carbocycles. The van der Waals surface area contributed by atoms with Gasteiger partial charge in [-0.15, -0.1) is 0 Å². The molecule has 6 nitrogen and oxygen atoms in total. The lowest BCUT2D eigenvalue weighted by Crippen LogP contribution is -2.47. The first kappa shape index (κ1) is 23.1. The molecule has 0 bridgehead atoms. The molecule has 0 fully saturated rings. The number of methoxy groups -OCH3 is 2. The normalized spacial score (nSPS) is 11.7. The van der Waals surface area contributed by atoms with E-state index in [-0.39, 0.29) is 21.0 Å². The van der Waals surface area contributed by atoms with Crippen molar-refractivity contribution in [2.45, 2.75) is 19.9 Å². The van der Waals surface area contributed by atoms with E-state index in [2.05, 4.69) is 10.6 Å². The van der Waals surface area contributed by atoms with Gasteiger partial charge in [-0.05, 0) is 30.2 Å². The van der Waals surface area contributed by atoms with E-state index in [1.54, 1.807) is 18.2 Å². The minimum Gasteiger partial charge on any atom is -0.497 e. The molecule has 0 heterocycles. The molecular formula is C20H21Cl3N2O4. The molecule has 2 amide bonds. The van der Waals surface area contributed by atoms with Gasteiger partial charge in [-0.3, -0.25) is 9.59 Å². The Labute approximate surface area is 184 Å².